The third kappa shape index (κ3) is 2.03. The SMILES string of the molecule is CC1(C)C=CC(C(F)(F)F)=CN1. The van der Waals surface area contributed by atoms with Crippen LogP contribution >= 0.6 is 0 Å². The minimum Gasteiger partial charge on any atom is -0.382 e. The fourth-order valence-electron chi connectivity index (χ4n) is 0.834. The summed E-state index contributed by atoms with van der Waals surface area (Å²) in [5.41, 5.74) is -1.02. The minimum atomic E-state index is -4.25. The van der Waals surface area contributed by atoms with Crippen LogP contribution in [-0.2, 0) is 0 Å². The Morgan fingerprint density at radius 3 is 2.25 bits per heavy atom. The van der Waals surface area contributed by atoms with Crippen molar-refractivity contribution >= 4 is 0 Å². The molecule has 0 atom stereocenters. The fourth-order valence-corrected chi connectivity index (χ4v) is 0.834. The van der Waals surface area contributed by atoms with Gasteiger partial charge in [-0.25, -0.2) is 0 Å². The van der Waals surface area contributed by atoms with Gasteiger partial charge in [-0.2, -0.15) is 13.2 Å². The number of nitrogens with one attached hydrogen (secondary N) is 1. The first kappa shape index (κ1) is 9.16. The molecule has 1 rings (SSSR count). The molecule has 0 aliphatic carbocycles. The summed E-state index contributed by atoms with van der Waals surface area (Å²) in [6.45, 7) is 3.60. The van der Waals surface area contributed by atoms with Crippen molar-refractivity contribution in [2.75, 3.05) is 0 Å². The van der Waals surface area contributed by atoms with Gasteiger partial charge >= 0.3 is 6.18 Å². The molecule has 0 saturated heterocycles. The molecule has 0 radical (unpaired) electrons. The van der Waals surface area contributed by atoms with Gasteiger partial charge in [-0.15, -0.1) is 0 Å². The molecular weight excluding hydrogens is 167 g/mol. The number of hydrogen-bond acceptors (Lipinski definition) is 1. The van der Waals surface area contributed by atoms with Gasteiger partial charge in [0.25, 0.3) is 0 Å². The molecular formula is C8H10F3N. The number of rotatable bonds is 0. The Labute approximate surface area is 69.0 Å². The summed E-state index contributed by atoms with van der Waals surface area (Å²) in [4.78, 5) is 0. The van der Waals surface area contributed by atoms with Crippen molar-refractivity contribution in [3.8, 4) is 0 Å². The second kappa shape index (κ2) is 2.54. The van der Waals surface area contributed by atoms with E-state index in [0.29, 0.717) is 0 Å². The first-order valence-corrected chi connectivity index (χ1v) is 3.55. The van der Waals surface area contributed by atoms with E-state index in [1.807, 2.05) is 0 Å². The van der Waals surface area contributed by atoms with Crippen LogP contribution in [0.3, 0.4) is 0 Å². The predicted molar refractivity (Wildman–Crippen MR) is 40.5 cm³/mol. The van der Waals surface area contributed by atoms with Crippen LogP contribution in [0.1, 0.15) is 13.8 Å². The van der Waals surface area contributed by atoms with E-state index < -0.39 is 11.7 Å². The Morgan fingerprint density at radius 2 is 1.92 bits per heavy atom. The molecule has 4 heteroatoms. The number of hydrogen-bond donors (Lipinski definition) is 1. The Bertz CT molecular complexity index is 235. The molecule has 68 valence electrons. The van der Waals surface area contributed by atoms with Crippen LogP contribution in [-0.4, -0.2) is 11.7 Å². The molecule has 0 fully saturated rings. The first-order chi connectivity index (χ1) is 5.31. The molecule has 0 amide bonds. The summed E-state index contributed by atoms with van der Waals surface area (Å²) >= 11 is 0. The maximum absolute atomic E-state index is 12.0. The van der Waals surface area contributed by atoms with Crippen LogP contribution < -0.4 is 5.32 Å². The number of alkyl halides is 3. The van der Waals surface area contributed by atoms with Gasteiger partial charge in [-0.3, -0.25) is 0 Å². The van der Waals surface area contributed by atoms with E-state index in [0.717, 1.165) is 12.3 Å². The highest BCUT2D eigenvalue weighted by atomic mass is 19.4. The molecule has 0 bridgehead atoms. The minimum absolute atomic E-state index is 0.380. The highest BCUT2D eigenvalue weighted by Gasteiger charge is 2.34. The third-order valence-electron chi connectivity index (χ3n) is 1.61. The van der Waals surface area contributed by atoms with Crippen molar-refractivity contribution in [1.82, 2.24) is 5.32 Å². The second-order valence-corrected chi connectivity index (χ2v) is 3.30. The molecule has 1 nitrogen and oxygen atoms in total. The van der Waals surface area contributed by atoms with Gasteiger partial charge in [0.15, 0.2) is 0 Å². The Balaban J connectivity index is 2.78. The summed E-state index contributed by atoms with van der Waals surface area (Å²) in [6, 6.07) is 0. The van der Waals surface area contributed by atoms with Gasteiger partial charge in [-0.05, 0) is 13.8 Å². The largest absolute Gasteiger partial charge is 0.417 e. The summed E-state index contributed by atoms with van der Waals surface area (Å²) in [5.74, 6) is 0. The lowest BCUT2D eigenvalue weighted by atomic mass is 10.0. The van der Waals surface area contributed by atoms with E-state index in [2.05, 4.69) is 5.32 Å². The van der Waals surface area contributed by atoms with Crippen LogP contribution in [0.4, 0.5) is 13.2 Å². The highest BCUT2D eigenvalue weighted by Crippen LogP contribution is 2.28. The van der Waals surface area contributed by atoms with E-state index in [4.69, 9.17) is 0 Å². The average Bonchev–Trinajstić information content (AvgIpc) is 1.83. The standard InChI is InChI=1S/C8H10F3N/c1-7(2)4-3-6(5-12-7)8(9,10)11/h3-5,12H,1-2H3. The summed E-state index contributed by atoms with van der Waals surface area (Å²) in [5, 5.41) is 2.65. The van der Waals surface area contributed by atoms with Gasteiger partial charge in [0.1, 0.15) is 0 Å². The third-order valence-corrected chi connectivity index (χ3v) is 1.61. The van der Waals surface area contributed by atoms with Gasteiger partial charge in [0, 0.05) is 11.7 Å². The molecule has 1 heterocycles. The summed E-state index contributed by atoms with van der Waals surface area (Å²) in [7, 11) is 0. The second-order valence-electron chi connectivity index (χ2n) is 3.30. The molecule has 0 spiro atoms. The number of halogens is 3. The van der Waals surface area contributed by atoms with E-state index in [9.17, 15) is 13.2 Å². The normalized spacial score (nSPS) is 21.6. The van der Waals surface area contributed by atoms with Crippen molar-refractivity contribution in [2.45, 2.75) is 25.6 Å². The average molecular weight is 177 g/mol. The number of allylic oxidation sites excluding steroid dienone is 2. The Kier molecular flexibility index (Phi) is 1.94. The summed E-state index contributed by atoms with van der Waals surface area (Å²) < 4.78 is 36.1. The van der Waals surface area contributed by atoms with Gasteiger partial charge < -0.3 is 5.32 Å². The molecule has 0 aromatic carbocycles. The smallest absolute Gasteiger partial charge is 0.382 e. The zero-order valence-electron chi connectivity index (χ0n) is 6.87. The van der Waals surface area contributed by atoms with Crippen molar-refractivity contribution in [3.05, 3.63) is 23.9 Å². The monoisotopic (exact) mass is 177 g/mol. The molecule has 0 unspecified atom stereocenters. The van der Waals surface area contributed by atoms with E-state index in [1.165, 1.54) is 6.08 Å². The lowest BCUT2D eigenvalue weighted by Gasteiger charge is -2.25. The fraction of sp³-hybridized carbons (Fsp3) is 0.500. The van der Waals surface area contributed by atoms with Crippen molar-refractivity contribution in [1.29, 1.82) is 0 Å². The highest BCUT2D eigenvalue weighted by molar-refractivity contribution is 5.30. The zero-order valence-corrected chi connectivity index (χ0v) is 6.87. The van der Waals surface area contributed by atoms with Gasteiger partial charge in [0.2, 0.25) is 0 Å². The van der Waals surface area contributed by atoms with Gasteiger partial charge in [0.05, 0.1) is 5.57 Å². The quantitative estimate of drug-likeness (QED) is 0.599. The molecule has 12 heavy (non-hydrogen) atoms. The van der Waals surface area contributed by atoms with Crippen LogP contribution in [0.15, 0.2) is 23.9 Å². The lowest BCUT2D eigenvalue weighted by molar-refractivity contribution is -0.0889. The first-order valence-electron chi connectivity index (χ1n) is 3.55. The van der Waals surface area contributed by atoms with Crippen LogP contribution in [0, 0.1) is 0 Å². The predicted octanol–water partition coefficient (Wildman–Crippen LogP) is 2.37. The van der Waals surface area contributed by atoms with Crippen LogP contribution in [0.5, 0.6) is 0 Å². The number of dihydropyridines is 1. The lowest BCUT2D eigenvalue weighted by Crippen LogP contribution is -2.36. The topological polar surface area (TPSA) is 12.0 Å². The zero-order chi connectivity index (χ0) is 9.41. The van der Waals surface area contributed by atoms with Gasteiger partial charge in [-0.1, -0.05) is 12.2 Å². The Hall–Kier alpha value is -0.930. The van der Waals surface area contributed by atoms with E-state index in [-0.39, 0.29) is 5.54 Å². The molecule has 0 saturated carbocycles. The molecule has 0 aromatic rings. The van der Waals surface area contributed by atoms with E-state index >= 15 is 0 Å². The molecule has 1 aliphatic heterocycles. The van der Waals surface area contributed by atoms with Crippen molar-refractivity contribution in [3.63, 3.8) is 0 Å². The maximum atomic E-state index is 12.0. The van der Waals surface area contributed by atoms with Crippen LogP contribution in [0.25, 0.3) is 0 Å². The van der Waals surface area contributed by atoms with Crippen LogP contribution in [0.2, 0.25) is 0 Å². The van der Waals surface area contributed by atoms with Crippen molar-refractivity contribution < 1.29 is 13.2 Å². The molecule has 1 aliphatic rings. The molecule has 0 aromatic heterocycles. The summed E-state index contributed by atoms with van der Waals surface area (Å²) in [6.07, 6.45) is -0.660. The molecule has 1 N–H and O–H groups in total. The Morgan fingerprint density at radius 1 is 1.33 bits per heavy atom. The van der Waals surface area contributed by atoms with Crippen molar-refractivity contribution in [2.24, 2.45) is 0 Å². The van der Waals surface area contributed by atoms with E-state index in [1.54, 1.807) is 13.8 Å². The maximum Gasteiger partial charge on any atom is 0.417 e.